The van der Waals surface area contributed by atoms with Crippen LogP contribution in [-0.4, -0.2) is 32.6 Å². The smallest absolute Gasteiger partial charge is 0.496 e. The maximum atomic E-state index is 13.0. The van der Waals surface area contributed by atoms with Gasteiger partial charge in [0.25, 0.3) is 0 Å². The minimum Gasteiger partial charge on any atom is -0.496 e. The molecular formula is C18H11F3O6S. The molecule has 0 unspecified atom stereocenters. The van der Waals surface area contributed by atoms with Gasteiger partial charge in [0.15, 0.2) is 5.78 Å². The molecule has 10 heteroatoms. The highest BCUT2D eigenvalue weighted by Gasteiger charge is 2.51. The van der Waals surface area contributed by atoms with Crippen LogP contribution in [0.3, 0.4) is 0 Å². The number of ketones is 2. The molecule has 0 saturated carbocycles. The van der Waals surface area contributed by atoms with Crippen molar-refractivity contribution < 1.29 is 40.1 Å². The third-order valence-corrected chi connectivity index (χ3v) is 4.88. The molecule has 3 rings (SSSR count). The number of carbonyl (C=O) groups is 2. The lowest BCUT2D eigenvalue weighted by Crippen LogP contribution is -2.30. The second kappa shape index (κ2) is 6.79. The number of halogens is 3. The molecule has 0 saturated heterocycles. The molecule has 1 aliphatic rings. The van der Waals surface area contributed by atoms with Crippen LogP contribution in [-0.2, 0) is 14.3 Å². The number of ether oxygens (including phenoxy) is 1. The normalized spacial score (nSPS) is 14.7. The number of fused-ring (bicyclic) bond motifs is 1. The fourth-order valence-electron chi connectivity index (χ4n) is 2.69. The number of carbonyl (C=O) groups excluding carboxylic acids is 2. The van der Waals surface area contributed by atoms with Gasteiger partial charge in [-0.25, -0.2) is 0 Å². The van der Waals surface area contributed by atoms with Gasteiger partial charge in [0.05, 0.1) is 12.7 Å². The van der Waals surface area contributed by atoms with Crippen LogP contribution in [0.15, 0.2) is 54.3 Å². The first-order chi connectivity index (χ1) is 13.1. The Labute approximate surface area is 157 Å². The fourth-order valence-corrected chi connectivity index (χ4v) is 3.16. The Bertz CT molecular complexity index is 1120. The number of para-hydroxylation sites is 1. The maximum Gasteiger partial charge on any atom is 0.534 e. The Morgan fingerprint density at radius 2 is 1.32 bits per heavy atom. The molecule has 0 spiro atoms. The van der Waals surface area contributed by atoms with Crippen molar-refractivity contribution in [1.29, 1.82) is 0 Å². The standard InChI is InChI=1S/C18H11F3O6S/c1-26-13-9-5-4-8-12(13)14-15(22)10-6-2-3-7-11(10)16(23)17(14)27-28(24,25)18(19,20)21/h2-9H,1H3. The van der Waals surface area contributed by atoms with E-state index in [9.17, 15) is 31.2 Å². The Balaban J connectivity index is 2.32. The summed E-state index contributed by atoms with van der Waals surface area (Å²) in [5.41, 5.74) is -6.85. The van der Waals surface area contributed by atoms with Crippen LogP contribution in [0.1, 0.15) is 26.3 Å². The van der Waals surface area contributed by atoms with Crippen molar-refractivity contribution in [2.45, 2.75) is 5.51 Å². The molecule has 0 heterocycles. The Morgan fingerprint density at radius 1 is 0.821 bits per heavy atom. The molecule has 0 fully saturated rings. The van der Waals surface area contributed by atoms with Gasteiger partial charge in [0.1, 0.15) is 5.75 Å². The van der Waals surface area contributed by atoms with E-state index in [1.807, 2.05) is 0 Å². The number of hydrogen-bond acceptors (Lipinski definition) is 6. The van der Waals surface area contributed by atoms with Crippen LogP contribution in [0.5, 0.6) is 5.75 Å². The number of hydrogen-bond donors (Lipinski definition) is 0. The van der Waals surface area contributed by atoms with Gasteiger partial charge in [-0.15, -0.1) is 0 Å². The van der Waals surface area contributed by atoms with Gasteiger partial charge in [-0.05, 0) is 6.07 Å². The molecule has 0 aliphatic heterocycles. The number of benzene rings is 2. The first-order valence-electron chi connectivity index (χ1n) is 7.65. The largest absolute Gasteiger partial charge is 0.534 e. The van der Waals surface area contributed by atoms with Crippen LogP contribution in [0.25, 0.3) is 5.57 Å². The van der Waals surface area contributed by atoms with Gasteiger partial charge in [-0.3, -0.25) is 9.59 Å². The monoisotopic (exact) mass is 412 g/mol. The molecule has 0 atom stereocenters. The Kier molecular flexibility index (Phi) is 4.76. The molecule has 0 aromatic heterocycles. The Morgan fingerprint density at radius 3 is 1.86 bits per heavy atom. The minimum atomic E-state index is -6.19. The molecule has 0 radical (unpaired) electrons. The van der Waals surface area contributed by atoms with Gasteiger partial charge in [0.2, 0.25) is 11.5 Å². The molecule has 28 heavy (non-hydrogen) atoms. The van der Waals surface area contributed by atoms with E-state index in [2.05, 4.69) is 4.18 Å². The number of alkyl halides is 3. The SMILES string of the molecule is COc1ccccc1C1=C(OS(=O)(=O)C(F)(F)F)C(=O)c2ccccc2C1=O. The number of methoxy groups -OCH3 is 1. The summed E-state index contributed by atoms with van der Waals surface area (Å²) < 4.78 is 70.8. The van der Waals surface area contributed by atoms with E-state index in [0.717, 1.165) is 0 Å². The lowest BCUT2D eigenvalue weighted by Gasteiger charge is -2.22. The van der Waals surface area contributed by atoms with Gasteiger partial charge in [-0.2, -0.15) is 21.6 Å². The summed E-state index contributed by atoms with van der Waals surface area (Å²) >= 11 is 0. The summed E-state index contributed by atoms with van der Waals surface area (Å²) in [5.74, 6) is -3.22. The number of Topliss-reactive ketones (excluding diaryl/α,β-unsaturated/α-hetero) is 2. The molecule has 2 aromatic carbocycles. The fraction of sp³-hybridized carbons (Fsp3) is 0.111. The summed E-state index contributed by atoms with van der Waals surface area (Å²) in [4.78, 5) is 25.7. The highest BCUT2D eigenvalue weighted by Crippen LogP contribution is 2.39. The van der Waals surface area contributed by atoms with E-state index in [-0.39, 0.29) is 22.4 Å². The quantitative estimate of drug-likeness (QED) is 0.566. The first-order valence-corrected chi connectivity index (χ1v) is 9.06. The average Bonchev–Trinajstić information content (AvgIpc) is 2.65. The summed E-state index contributed by atoms with van der Waals surface area (Å²) in [6.07, 6.45) is 0. The minimum absolute atomic E-state index is 0.0449. The van der Waals surface area contributed by atoms with Crippen molar-refractivity contribution in [1.82, 2.24) is 0 Å². The zero-order valence-electron chi connectivity index (χ0n) is 14.1. The molecule has 6 nitrogen and oxygen atoms in total. The predicted molar refractivity (Wildman–Crippen MR) is 91.1 cm³/mol. The van der Waals surface area contributed by atoms with Crippen molar-refractivity contribution in [2.24, 2.45) is 0 Å². The number of rotatable bonds is 4. The summed E-state index contributed by atoms with van der Waals surface area (Å²) in [5, 5.41) is 0. The van der Waals surface area contributed by atoms with Crippen molar-refractivity contribution >= 4 is 27.3 Å². The van der Waals surface area contributed by atoms with Gasteiger partial charge >= 0.3 is 15.6 Å². The highest BCUT2D eigenvalue weighted by molar-refractivity contribution is 7.87. The van der Waals surface area contributed by atoms with Crippen molar-refractivity contribution in [3.63, 3.8) is 0 Å². The third-order valence-electron chi connectivity index (χ3n) is 3.93. The van der Waals surface area contributed by atoms with E-state index < -0.39 is 38.5 Å². The second-order valence-corrected chi connectivity index (χ2v) is 7.13. The average molecular weight is 412 g/mol. The summed E-state index contributed by atoms with van der Waals surface area (Å²) in [6.45, 7) is 0. The van der Waals surface area contributed by atoms with E-state index >= 15 is 0 Å². The van der Waals surface area contributed by atoms with Crippen LogP contribution < -0.4 is 4.74 Å². The van der Waals surface area contributed by atoms with Crippen molar-refractivity contribution in [3.05, 3.63) is 71.0 Å². The van der Waals surface area contributed by atoms with Crippen LogP contribution in [0, 0.1) is 0 Å². The third kappa shape index (κ3) is 3.15. The van der Waals surface area contributed by atoms with Crippen LogP contribution >= 0.6 is 0 Å². The molecule has 1 aliphatic carbocycles. The van der Waals surface area contributed by atoms with Crippen LogP contribution in [0.2, 0.25) is 0 Å². The summed E-state index contributed by atoms with van der Waals surface area (Å²) in [6, 6.07) is 11.0. The topological polar surface area (TPSA) is 86.7 Å². The van der Waals surface area contributed by atoms with Crippen LogP contribution in [0.4, 0.5) is 13.2 Å². The van der Waals surface area contributed by atoms with E-state index in [0.29, 0.717) is 0 Å². The van der Waals surface area contributed by atoms with Crippen molar-refractivity contribution in [3.8, 4) is 5.75 Å². The van der Waals surface area contributed by atoms with Gasteiger partial charge in [-0.1, -0.05) is 42.5 Å². The van der Waals surface area contributed by atoms with Crippen molar-refractivity contribution in [2.75, 3.05) is 7.11 Å². The first kappa shape index (κ1) is 19.6. The van der Waals surface area contributed by atoms with E-state index in [1.165, 1.54) is 55.6 Å². The van der Waals surface area contributed by atoms with E-state index in [4.69, 9.17) is 4.74 Å². The lowest BCUT2D eigenvalue weighted by atomic mass is 9.85. The molecule has 0 N–H and O–H groups in total. The molecule has 0 bridgehead atoms. The van der Waals surface area contributed by atoms with Gasteiger partial charge < -0.3 is 8.92 Å². The number of allylic oxidation sites excluding steroid dienone is 2. The second-order valence-electron chi connectivity index (χ2n) is 5.59. The zero-order valence-corrected chi connectivity index (χ0v) is 14.9. The molecule has 146 valence electrons. The maximum absolute atomic E-state index is 13.0. The molecular weight excluding hydrogens is 401 g/mol. The lowest BCUT2D eigenvalue weighted by molar-refractivity contribution is -0.0520. The van der Waals surface area contributed by atoms with Gasteiger partial charge in [0, 0.05) is 16.7 Å². The summed E-state index contributed by atoms with van der Waals surface area (Å²) in [7, 11) is -4.94. The molecule has 0 amide bonds. The Hall–Kier alpha value is -3.14. The zero-order chi connectivity index (χ0) is 20.7. The van der Waals surface area contributed by atoms with E-state index in [1.54, 1.807) is 0 Å². The highest BCUT2D eigenvalue weighted by atomic mass is 32.2. The predicted octanol–water partition coefficient (Wildman–Crippen LogP) is 3.35. The molecule has 2 aromatic rings.